The number of nitrogens with one attached hydrogen (secondary N) is 2. The van der Waals surface area contributed by atoms with Crippen molar-refractivity contribution in [3.05, 3.63) is 71.3 Å². The molecule has 2 aromatic carbocycles. The van der Waals surface area contributed by atoms with Crippen molar-refractivity contribution >= 4 is 11.7 Å². The van der Waals surface area contributed by atoms with Gasteiger partial charge in [-0.15, -0.1) is 6.58 Å². The van der Waals surface area contributed by atoms with Crippen LogP contribution in [0.2, 0.25) is 0 Å². The van der Waals surface area contributed by atoms with Crippen LogP contribution in [-0.4, -0.2) is 17.7 Å². The van der Waals surface area contributed by atoms with Crippen molar-refractivity contribution in [2.45, 2.75) is 65.2 Å². The molecule has 0 radical (unpaired) electrons. The number of hydrogen-bond donors (Lipinski definition) is 3. The molecule has 30 heavy (non-hydrogen) atoms. The number of phenols is 1. The Morgan fingerprint density at radius 3 is 2.10 bits per heavy atom. The SMILES string of the molecule is C=CCNC(=O)Nc1ccccc1CCc1cc(C(C)(C)C)c(O)c(C(C)(C)C)c1. The summed E-state index contributed by atoms with van der Waals surface area (Å²) in [5.41, 5.74) is 4.72. The Hall–Kier alpha value is -2.75. The molecule has 2 rings (SSSR count). The maximum absolute atomic E-state index is 12.0. The zero-order chi connectivity index (χ0) is 22.5. The second kappa shape index (κ2) is 9.38. The fourth-order valence-corrected chi connectivity index (χ4v) is 3.45. The van der Waals surface area contributed by atoms with Gasteiger partial charge in [0.25, 0.3) is 0 Å². The van der Waals surface area contributed by atoms with Crippen molar-refractivity contribution in [3.8, 4) is 5.75 Å². The monoisotopic (exact) mass is 408 g/mol. The lowest BCUT2D eigenvalue weighted by Crippen LogP contribution is -2.29. The highest BCUT2D eigenvalue weighted by atomic mass is 16.3. The second-order valence-corrected chi connectivity index (χ2v) is 9.82. The Balaban J connectivity index is 2.30. The molecule has 3 N–H and O–H groups in total. The Bertz CT molecular complexity index is 867. The van der Waals surface area contributed by atoms with E-state index >= 15 is 0 Å². The Labute approximate surface area is 181 Å². The zero-order valence-corrected chi connectivity index (χ0v) is 19.2. The van der Waals surface area contributed by atoms with Gasteiger partial charge in [-0.05, 0) is 52.0 Å². The number of anilines is 1. The zero-order valence-electron chi connectivity index (χ0n) is 19.2. The molecule has 0 atom stereocenters. The Morgan fingerprint density at radius 2 is 1.57 bits per heavy atom. The molecule has 0 aliphatic heterocycles. The van der Waals surface area contributed by atoms with E-state index in [2.05, 4.69) is 70.9 Å². The first kappa shape index (κ1) is 23.5. The fourth-order valence-electron chi connectivity index (χ4n) is 3.45. The van der Waals surface area contributed by atoms with Crippen LogP contribution in [0.4, 0.5) is 10.5 Å². The maximum atomic E-state index is 12.0. The van der Waals surface area contributed by atoms with Crippen LogP contribution in [0.5, 0.6) is 5.75 Å². The van der Waals surface area contributed by atoms with E-state index in [-0.39, 0.29) is 16.9 Å². The van der Waals surface area contributed by atoms with Gasteiger partial charge in [0.15, 0.2) is 0 Å². The number of hydrogen-bond acceptors (Lipinski definition) is 2. The van der Waals surface area contributed by atoms with Crippen molar-refractivity contribution in [1.82, 2.24) is 5.32 Å². The molecule has 0 fully saturated rings. The average Bonchev–Trinajstić information content (AvgIpc) is 2.64. The van der Waals surface area contributed by atoms with Crippen LogP contribution in [0, 0.1) is 0 Å². The summed E-state index contributed by atoms with van der Waals surface area (Å²) in [6, 6.07) is 11.9. The molecular weight excluding hydrogens is 372 g/mol. The van der Waals surface area contributed by atoms with E-state index in [0.29, 0.717) is 12.3 Å². The largest absolute Gasteiger partial charge is 0.507 e. The van der Waals surface area contributed by atoms with Crippen LogP contribution in [0.25, 0.3) is 0 Å². The first-order valence-corrected chi connectivity index (χ1v) is 10.5. The number of urea groups is 1. The van der Waals surface area contributed by atoms with Crippen LogP contribution in [0.15, 0.2) is 49.1 Å². The third kappa shape index (κ3) is 6.12. The highest BCUT2D eigenvalue weighted by molar-refractivity contribution is 5.90. The molecule has 4 nitrogen and oxygen atoms in total. The van der Waals surface area contributed by atoms with Gasteiger partial charge in [0, 0.05) is 12.2 Å². The van der Waals surface area contributed by atoms with Gasteiger partial charge in [0.1, 0.15) is 5.75 Å². The number of carbonyl (C=O) groups is 1. The van der Waals surface area contributed by atoms with E-state index < -0.39 is 0 Å². The predicted octanol–water partition coefficient (Wildman–Crippen LogP) is 6.08. The lowest BCUT2D eigenvalue weighted by molar-refractivity contribution is 0.253. The van der Waals surface area contributed by atoms with Crippen molar-refractivity contribution < 1.29 is 9.90 Å². The summed E-state index contributed by atoms with van der Waals surface area (Å²) in [6.45, 7) is 16.8. The van der Waals surface area contributed by atoms with Gasteiger partial charge in [0.2, 0.25) is 0 Å². The highest BCUT2D eigenvalue weighted by Gasteiger charge is 2.26. The van der Waals surface area contributed by atoms with Crippen LogP contribution >= 0.6 is 0 Å². The van der Waals surface area contributed by atoms with E-state index in [1.54, 1.807) is 6.08 Å². The summed E-state index contributed by atoms with van der Waals surface area (Å²) in [6.07, 6.45) is 3.26. The van der Waals surface area contributed by atoms with E-state index in [0.717, 1.165) is 35.2 Å². The second-order valence-electron chi connectivity index (χ2n) is 9.82. The maximum Gasteiger partial charge on any atom is 0.319 e. The number of benzene rings is 2. The summed E-state index contributed by atoms with van der Waals surface area (Å²) in [7, 11) is 0. The summed E-state index contributed by atoms with van der Waals surface area (Å²) in [4.78, 5) is 12.0. The molecule has 0 aliphatic carbocycles. The lowest BCUT2D eigenvalue weighted by Gasteiger charge is -2.28. The number of carbonyl (C=O) groups excluding carboxylic acids is 1. The quantitative estimate of drug-likeness (QED) is 0.507. The standard InChI is InChI=1S/C26H36N2O2/c1-8-15-27-24(30)28-22-12-10-9-11-19(22)14-13-18-16-20(25(2,3)4)23(29)21(17-18)26(5,6)7/h8-12,16-17,29H,1,13-15H2,2-7H3,(H2,27,28,30). The third-order valence-electron chi connectivity index (χ3n) is 5.14. The summed E-state index contributed by atoms with van der Waals surface area (Å²) < 4.78 is 0. The minimum atomic E-state index is -0.239. The number of para-hydroxylation sites is 1. The molecule has 0 aromatic heterocycles. The fraction of sp³-hybridized carbons (Fsp3) is 0.423. The number of aryl methyl sites for hydroxylation is 2. The topological polar surface area (TPSA) is 61.4 Å². The molecule has 2 amide bonds. The Morgan fingerprint density at radius 1 is 1.00 bits per heavy atom. The molecule has 0 bridgehead atoms. The minimum Gasteiger partial charge on any atom is -0.507 e. The van der Waals surface area contributed by atoms with Crippen molar-refractivity contribution in [3.63, 3.8) is 0 Å². The van der Waals surface area contributed by atoms with Gasteiger partial charge < -0.3 is 15.7 Å². The smallest absolute Gasteiger partial charge is 0.319 e. The highest BCUT2D eigenvalue weighted by Crippen LogP contribution is 2.40. The first-order valence-electron chi connectivity index (χ1n) is 10.5. The van der Waals surface area contributed by atoms with Crippen LogP contribution in [0.1, 0.15) is 63.8 Å². The molecule has 0 saturated heterocycles. The molecule has 0 saturated carbocycles. The van der Waals surface area contributed by atoms with E-state index in [9.17, 15) is 9.90 Å². The summed E-state index contributed by atoms with van der Waals surface area (Å²) in [5, 5.41) is 16.6. The molecule has 0 spiro atoms. The first-order chi connectivity index (χ1) is 13.9. The predicted molar refractivity (Wildman–Crippen MR) is 127 cm³/mol. The van der Waals surface area contributed by atoms with E-state index in [4.69, 9.17) is 0 Å². The number of phenolic OH excluding ortho intramolecular Hbond substituents is 1. The van der Waals surface area contributed by atoms with Gasteiger partial charge in [-0.1, -0.05) is 78.0 Å². The summed E-state index contributed by atoms with van der Waals surface area (Å²) in [5.74, 6) is 0.403. The van der Waals surface area contributed by atoms with Crippen LogP contribution in [0.3, 0.4) is 0 Å². The molecular formula is C26H36N2O2. The number of amides is 2. The molecule has 0 aliphatic rings. The molecule has 162 valence electrons. The van der Waals surface area contributed by atoms with Gasteiger partial charge in [-0.3, -0.25) is 0 Å². The van der Waals surface area contributed by atoms with Crippen LogP contribution < -0.4 is 10.6 Å². The normalized spacial score (nSPS) is 11.8. The van der Waals surface area contributed by atoms with Gasteiger partial charge in [-0.2, -0.15) is 0 Å². The van der Waals surface area contributed by atoms with Gasteiger partial charge in [0.05, 0.1) is 0 Å². The Kier molecular flexibility index (Phi) is 7.35. The van der Waals surface area contributed by atoms with Crippen molar-refractivity contribution in [1.29, 1.82) is 0 Å². The molecule has 0 heterocycles. The van der Waals surface area contributed by atoms with E-state index in [1.807, 2.05) is 24.3 Å². The average molecular weight is 409 g/mol. The van der Waals surface area contributed by atoms with Crippen molar-refractivity contribution in [2.75, 3.05) is 11.9 Å². The molecule has 4 heteroatoms. The van der Waals surface area contributed by atoms with Gasteiger partial charge in [-0.25, -0.2) is 4.79 Å². The lowest BCUT2D eigenvalue weighted by atomic mass is 9.78. The molecule has 0 unspecified atom stereocenters. The van der Waals surface area contributed by atoms with Crippen molar-refractivity contribution in [2.24, 2.45) is 0 Å². The third-order valence-corrected chi connectivity index (χ3v) is 5.14. The summed E-state index contributed by atoms with van der Waals surface area (Å²) >= 11 is 0. The van der Waals surface area contributed by atoms with Gasteiger partial charge >= 0.3 is 6.03 Å². The molecule has 2 aromatic rings. The minimum absolute atomic E-state index is 0.150. The number of rotatable bonds is 6. The van der Waals surface area contributed by atoms with E-state index in [1.165, 1.54) is 5.56 Å². The number of aromatic hydroxyl groups is 1. The van der Waals surface area contributed by atoms with Crippen LogP contribution in [-0.2, 0) is 23.7 Å².